The first-order chi connectivity index (χ1) is 9.78. The highest BCUT2D eigenvalue weighted by Gasteiger charge is 2.39. The molecule has 0 saturated heterocycles. The van der Waals surface area contributed by atoms with Crippen LogP contribution < -0.4 is 5.32 Å². The fraction of sp³-hybridized carbons (Fsp3) is 0.500. The van der Waals surface area contributed by atoms with Crippen LogP contribution in [-0.4, -0.2) is 21.6 Å². The highest BCUT2D eigenvalue weighted by molar-refractivity contribution is 5.75. The summed E-state index contributed by atoms with van der Waals surface area (Å²) in [7, 11) is 0. The van der Waals surface area contributed by atoms with E-state index >= 15 is 0 Å². The van der Waals surface area contributed by atoms with E-state index in [-0.39, 0.29) is 5.54 Å². The van der Waals surface area contributed by atoms with Crippen LogP contribution in [0.15, 0.2) is 30.6 Å². The van der Waals surface area contributed by atoms with Crippen molar-refractivity contribution in [1.82, 2.24) is 14.9 Å². The van der Waals surface area contributed by atoms with Crippen LogP contribution in [0.25, 0.3) is 11.0 Å². The van der Waals surface area contributed by atoms with Crippen molar-refractivity contribution in [1.29, 1.82) is 5.26 Å². The van der Waals surface area contributed by atoms with Crippen molar-refractivity contribution in [3.63, 3.8) is 0 Å². The fourth-order valence-corrected chi connectivity index (χ4v) is 3.19. The highest BCUT2D eigenvalue weighted by atomic mass is 15.1. The maximum absolute atomic E-state index is 9.53. The van der Waals surface area contributed by atoms with E-state index in [4.69, 9.17) is 0 Å². The van der Waals surface area contributed by atoms with Crippen LogP contribution in [0.4, 0.5) is 0 Å². The minimum absolute atomic E-state index is 0.355. The molecule has 1 aliphatic carbocycles. The molecule has 1 aliphatic rings. The first-order valence-corrected chi connectivity index (χ1v) is 7.36. The van der Waals surface area contributed by atoms with E-state index in [1.165, 1.54) is 5.52 Å². The van der Waals surface area contributed by atoms with E-state index in [9.17, 15) is 5.26 Å². The molecule has 104 valence electrons. The quantitative estimate of drug-likeness (QED) is 0.927. The van der Waals surface area contributed by atoms with E-state index < -0.39 is 0 Å². The van der Waals surface area contributed by atoms with Crippen molar-refractivity contribution >= 4 is 11.0 Å². The normalized spacial score (nSPS) is 25.9. The summed E-state index contributed by atoms with van der Waals surface area (Å²) in [4.78, 5) is 4.46. The molecule has 1 heterocycles. The molecular formula is C16H20N4. The molecular weight excluding hydrogens is 248 g/mol. The van der Waals surface area contributed by atoms with Crippen LogP contribution in [0.1, 0.15) is 38.6 Å². The van der Waals surface area contributed by atoms with Crippen molar-refractivity contribution in [3.05, 3.63) is 30.6 Å². The predicted molar refractivity (Wildman–Crippen MR) is 79.3 cm³/mol. The number of imidazole rings is 1. The summed E-state index contributed by atoms with van der Waals surface area (Å²) in [5.41, 5.74) is 1.84. The first-order valence-electron chi connectivity index (χ1n) is 7.36. The summed E-state index contributed by atoms with van der Waals surface area (Å²) in [5.74, 6) is 0. The molecule has 1 aromatic heterocycles. The number of nitrogens with zero attached hydrogens (tertiary/aromatic N) is 3. The molecule has 3 rings (SSSR count). The van der Waals surface area contributed by atoms with Gasteiger partial charge in [0.25, 0.3) is 0 Å². The summed E-state index contributed by atoms with van der Waals surface area (Å²) >= 11 is 0. The average molecular weight is 268 g/mol. The predicted octanol–water partition coefficient (Wildman–Crippen LogP) is 3.02. The van der Waals surface area contributed by atoms with Gasteiger partial charge in [0, 0.05) is 6.04 Å². The van der Waals surface area contributed by atoms with Gasteiger partial charge in [-0.15, -0.1) is 0 Å². The zero-order chi connectivity index (χ0) is 14.0. The second-order valence-corrected chi connectivity index (χ2v) is 5.66. The Labute approximate surface area is 119 Å². The lowest BCUT2D eigenvalue weighted by Crippen LogP contribution is -2.42. The van der Waals surface area contributed by atoms with Gasteiger partial charge in [0.2, 0.25) is 0 Å². The second kappa shape index (κ2) is 5.26. The maximum Gasteiger partial charge on any atom is 0.108 e. The lowest BCUT2D eigenvalue weighted by Gasteiger charge is -2.23. The number of aromatic nitrogens is 2. The second-order valence-electron chi connectivity index (χ2n) is 5.66. The number of rotatable bonds is 4. The Morgan fingerprint density at radius 3 is 3.15 bits per heavy atom. The third-order valence-electron chi connectivity index (χ3n) is 4.29. The van der Waals surface area contributed by atoms with Gasteiger partial charge in [0.15, 0.2) is 0 Å². The zero-order valence-corrected chi connectivity index (χ0v) is 11.8. The van der Waals surface area contributed by atoms with Gasteiger partial charge in [0.05, 0.1) is 23.4 Å². The molecule has 2 unspecified atom stereocenters. The SMILES string of the molecule is CCCNC1(C#N)CCC(n2cnc3ccccc32)C1. The van der Waals surface area contributed by atoms with Crippen molar-refractivity contribution in [2.45, 2.75) is 44.2 Å². The number of nitrogens with one attached hydrogen (secondary N) is 1. The summed E-state index contributed by atoms with van der Waals surface area (Å²) < 4.78 is 2.24. The standard InChI is InChI=1S/C16H20N4/c1-2-9-19-16(11-17)8-7-13(10-16)20-12-18-14-5-3-4-6-15(14)20/h3-6,12-13,19H,2,7-10H2,1H3. The van der Waals surface area contributed by atoms with Gasteiger partial charge in [-0.2, -0.15) is 5.26 Å². The number of hydrogen-bond acceptors (Lipinski definition) is 3. The topological polar surface area (TPSA) is 53.6 Å². The third kappa shape index (κ3) is 2.19. The molecule has 1 fully saturated rings. The Hall–Kier alpha value is -1.86. The fourth-order valence-electron chi connectivity index (χ4n) is 3.19. The van der Waals surface area contributed by atoms with Crippen LogP contribution in [0.3, 0.4) is 0 Å². The van der Waals surface area contributed by atoms with E-state index in [2.05, 4.69) is 33.9 Å². The minimum atomic E-state index is -0.355. The van der Waals surface area contributed by atoms with Gasteiger partial charge >= 0.3 is 0 Å². The Morgan fingerprint density at radius 2 is 2.35 bits per heavy atom. The Morgan fingerprint density at radius 1 is 1.50 bits per heavy atom. The molecule has 4 nitrogen and oxygen atoms in total. The van der Waals surface area contributed by atoms with Gasteiger partial charge in [-0.05, 0) is 44.4 Å². The Bertz CT molecular complexity index is 639. The maximum atomic E-state index is 9.53. The van der Waals surface area contributed by atoms with Crippen molar-refractivity contribution < 1.29 is 0 Å². The average Bonchev–Trinajstić information content (AvgIpc) is 3.09. The van der Waals surface area contributed by atoms with E-state index in [1.807, 2.05) is 24.5 Å². The van der Waals surface area contributed by atoms with Gasteiger partial charge < -0.3 is 4.57 Å². The molecule has 0 amide bonds. The van der Waals surface area contributed by atoms with Gasteiger partial charge in [-0.1, -0.05) is 19.1 Å². The molecule has 4 heteroatoms. The smallest absolute Gasteiger partial charge is 0.108 e. The third-order valence-corrected chi connectivity index (χ3v) is 4.29. The molecule has 1 aromatic carbocycles. The van der Waals surface area contributed by atoms with Gasteiger partial charge in [0.1, 0.15) is 5.54 Å². The molecule has 0 bridgehead atoms. The molecule has 1 N–H and O–H groups in total. The van der Waals surface area contributed by atoms with Crippen molar-refractivity contribution in [2.75, 3.05) is 6.54 Å². The lowest BCUT2D eigenvalue weighted by atomic mass is 9.99. The van der Waals surface area contributed by atoms with Crippen LogP contribution in [-0.2, 0) is 0 Å². The van der Waals surface area contributed by atoms with Crippen molar-refractivity contribution in [3.8, 4) is 6.07 Å². The van der Waals surface area contributed by atoms with Crippen LogP contribution >= 0.6 is 0 Å². The zero-order valence-electron chi connectivity index (χ0n) is 11.8. The Kier molecular flexibility index (Phi) is 3.45. The number of para-hydroxylation sites is 2. The van der Waals surface area contributed by atoms with Crippen molar-refractivity contribution in [2.24, 2.45) is 0 Å². The number of nitriles is 1. The number of fused-ring (bicyclic) bond motifs is 1. The van der Waals surface area contributed by atoms with E-state index in [1.54, 1.807) is 0 Å². The summed E-state index contributed by atoms with van der Waals surface area (Å²) in [5, 5.41) is 13.0. The van der Waals surface area contributed by atoms with Crippen LogP contribution in [0.2, 0.25) is 0 Å². The molecule has 2 atom stereocenters. The van der Waals surface area contributed by atoms with E-state index in [0.29, 0.717) is 6.04 Å². The number of hydrogen-bond donors (Lipinski definition) is 1. The minimum Gasteiger partial charge on any atom is -0.327 e. The van der Waals surface area contributed by atoms with Gasteiger partial charge in [-0.3, -0.25) is 5.32 Å². The van der Waals surface area contributed by atoms with Gasteiger partial charge in [-0.25, -0.2) is 4.98 Å². The molecule has 1 saturated carbocycles. The molecule has 20 heavy (non-hydrogen) atoms. The molecule has 0 radical (unpaired) electrons. The molecule has 2 aromatic rings. The summed E-state index contributed by atoms with van der Waals surface area (Å²) in [6.07, 6.45) is 5.79. The van der Waals surface area contributed by atoms with Crippen LogP contribution in [0, 0.1) is 11.3 Å². The molecule has 0 spiro atoms. The monoisotopic (exact) mass is 268 g/mol. The largest absolute Gasteiger partial charge is 0.327 e. The summed E-state index contributed by atoms with van der Waals surface area (Å²) in [6, 6.07) is 11.1. The lowest BCUT2D eigenvalue weighted by molar-refractivity contribution is 0.402. The first kappa shape index (κ1) is 13.1. The molecule has 0 aliphatic heterocycles. The highest BCUT2D eigenvalue weighted by Crippen LogP contribution is 2.38. The van der Waals surface area contributed by atoms with Crippen LogP contribution in [0.5, 0.6) is 0 Å². The number of benzene rings is 1. The van der Waals surface area contributed by atoms with E-state index in [0.717, 1.165) is 37.7 Å². The summed E-state index contributed by atoms with van der Waals surface area (Å²) in [6.45, 7) is 3.04. The Balaban J connectivity index is 1.85.